The number of carbonyl (C=O) groups is 3. The maximum Gasteiger partial charge on any atom is 0.325 e. The zero-order valence-electron chi connectivity index (χ0n) is 23.4. The van der Waals surface area contributed by atoms with Crippen LogP contribution in [0.4, 0.5) is 0 Å². The SMILES string of the molecule is CC(=O)Oc1ccc(C2COc3cc(OC(C)=O)ccc3C2OC(=O)[C@@H]2CCCN2S(=O)(=O)c2ccc(C)cc2)cc1. The molecule has 0 radical (unpaired) electrons. The lowest BCUT2D eigenvalue weighted by molar-refractivity contribution is -0.156. The van der Waals surface area contributed by atoms with Crippen LogP contribution in [0, 0.1) is 6.92 Å². The van der Waals surface area contributed by atoms with E-state index in [1.807, 2.05) is 6.92 Å². The van der Waals surface area contributed by atoms with E-state index < -0.39 is 46.0 Å². The Hall–Kier alpha value is -4.22. The molecule has 1 fully saturated rings. The van der Waals surface area contributed by atoms with Crippen molar-refractivity contribution in [2.75, 3.05) is 13.2 Å². The summed E-state index contributed by atoms with van der Waals surface area (Å²) >= 11 is 0. The Morgan fingerprint density at radius 3 is 2.19 bits per heavy atom. The highest BCUT2D eigenvalue weighted by Crippen LogP contribution is 2.45. The fraction of sp³-hybridized carbons (Fsp3) is 0.323. The maximum absolute atomic E-state index is 13.7. The normalized spacial score (nSPS) is 20.2. The Kier molecular flexibility index (Phi) is 8.33. The number of nitrogens with zero attached hydrogens (tertiary/aromatic N) is 1. The minimum Gasteiger partial charge on any atom is -0.492 e. The topological polar surface area (TPSA) is 126 Å². The van der Waals surface area contributed by atoms with Crippen LogP contribution in [0.15, 0.2) is 71.6 Å². The molecule has 2 unspecified atom stereocenters. The second-order valence-electron chi connectivity index (χ2n) is 10.3. The quantitative estimate of drug-likeness (QED) is 0.288. The lowest BCUT2D eigenvalue weighted by atomic mass is 9.87. The van der Waals surface area contributed by atoms with Gasteiger partial charge in [-0.15, -0.1) is 0 Å². The highest BCUT2D eigenvalue weighted by atomic mass is 32.2. The zero-order valence-corrected chi connectivity index (χ0v) is 24.3. The van der Waals surface area contributed by atoms with Crippen molar-refractivity contribution >= 4 is 27.9 Å². The van der Waals surface area contributed by atoms with Crippen molar-refractivity contribution in [1.29, 1.82) is 0 Å². The van der Waals surface area contributed by atoms with E-state index in [4.69, 9.17) is 18.9 Å². The fourth-order valence-electron chi connectivity index (χ4n) is 5.27. The number of aryl methyl sites for hydroxylation is 1. The molecule has 2 aliphatic heterocycles. The molecule has 3 aromatic rings. The van der Waals surface area contributed by atoms with E-state index in [0.717, 1.165) is 11.1 Å². The van der Waals surface area contributed by atoms with E-state index in [1.54, 1.807) is 54.6 Å². The van der Waals surface area contributed by atoms with Gasteiger partial charge in [0.2, 0.25) is 10.0 Å². The van der Waals surface area contributed by atoms with Crippen LogP contribution in [0.5, 0.6) is 17.2 Å². The summed E-state index contributed by atoms with van der Waals surface area (Å²) in [7, 11) is -3.93. The lowest BCUT2D eigenvalue weighted by Crippen LogP contribution is -2.42. The number of hydrogen-bond donors (Lipinski definition) is 0. The predicted octanol–water partition coefficient (Wildman–Crippen LogP) is 4.46. The molecule has 42 heavy (non-hydrogen) atoms. The van der Waals surface area contributed by atoms with Crippen molar-refractivity contribution in [2.24, 2.45) is 0 Å². The summed E-state index contributed by atoms with van der Waals surface area (Å²) in [5.74, 6) is -1.03. The number of hydrogen-bond acceptors (Lipinski definition) is 9. The van der Waals surface area contributed by atoms with Crippen molar-refractivity contribution in [1.82, 2.24) is 4.31 Å². The Morgan fingerprint density at radius 2 is 1.52 bits per heavy atom. The molecule has 0 aliphatic carbocycles. The average molecular weight is 594 g/mol. The molecule has 11 heteroatoms. The van der Waals surface area contributed by atoms with Crippen molar-refractivity contribution in [2.45, 2.75) is 56.6 Å². The molecular formula is C31H31NO9S. The number of ether oxygens (including phenoxy) is 4. The molecule has 220 valence electrons. The number of carbonyl (C=O) groups excluding carboxylic acids is 3. The van der Waals surface area contributed by atoms with Gasteiger partial charge in [-0.2, -0.15) is 4.31 Å². The molecule has 0 saturated carbocycles. The minimum absolute atomic E-state index is 0.118. The first-order valence-corrected chi connectivity index (χ1v) is 15.0. The van der Waals surface area contributed by atoms with Gasteiger partial charge >= 0.3 is 17.9 Å². The van der Waals surface area contributed by atoms with Gasteiger partial charge in [0.15, 0.2) is 0 Å². The van der Waals surface area contributed by atoms with Crippen LogP contribution in [-0.2, 0) is 29.1 Å². The zero-order chi connectivity index (χ0) is 30.0. The summed E-state index contributed by atoms with van der Waals surface area (Å²) in [6.07, 6.45) is 0.00605. The second-order valence-corrected chi connectivity index (χ2v) is 12.2. The number of sulfonamides is 1. The standard InChI is InChI=1S/C31H31NO9S/c1-19-6-13-25(14-7-19)42(36,37)32-16-4-5-28(32)31(35)41-30-26-15-12-24(40-21(3)34)17-29(26)38-18-27(30)22-8-10-23(11-9-22)39-20(2)33/h6-15,17,27-28,30H,4-5,16,18H2,1-3H3/t27?,28-,30?/m0/s1. The number of fused-ring (bicyclic) bond motifs is 1. The molecule has 5 rings (SSSR count). The lowest BCUT2D eigenvalue weighted by Gasteiger charge is -2.35. The summed E-state index contributed by atoms with van der Waals surface area (Å²) in [6, 6.07) is 17.1. The van der Waals surface area contributed by atoms with Crippen molar-refractivity contribution in [3.63, 3.8) is 0 Å². The Bertz CT molecular complexity index is 1600. The molecule has 0 aromatic heterocycles. The van der Waals surface area contributed by atoms with E-state index in [2.05, 4.69) is 0 Å². The summed E-state index contributed by atoms with van der Waals surface area (Å²) in [6.45, 7) is 4.79. The predicted molar refractivity (Wildman–Crippen MR) is 151 cm³/mol. The van der Waals surface area contributed by atoms with E-state index in [-0.39, 0.29) is 23.8 Å². The summed E-state index contributed by atoms with van der Waals surface area (Å²) in [5, 5.41) is 0. The molecule has 0 bridgehead atoms. The third kappa shape index (κ3) is 6.17. The van der Waals surface area contributed by atoms with Crippen LogP contribution in [0.1, 0.15) is 55.4 Å². The average Bonchev–Trinajstić information content (AvgIpc) is 3.45. The highest BCUT2D eigenvalue weighted by Gasteiger charge is 2.43. The largest absolute Gasteiger partial charge is 0.492 e. The molecule has 10 nitrogen and oxygen atoms in total. The molecule has 2 aliphatic rings. The van der Waals surface area contributed by atoms with Gasteiger partial charge in [-0.1, -0.05) is 29.8 Å². The Morgan fingerprint density at radius 1 is 0.881 bits per heavy atom. The van der Waals surface area contributed by atoms with E-state index >= 15 is 0 Å². The van der Waals surface area contributed by atoms with Gasteiger partial charge in [-0.25, -0.2) is 8.42 Å². The summed E-state index contributed by atoms with van der Waals surface area (Å²) in [4.78, 5) is 36.7. The fourth-order valence-corrected chi connectivity index (χ4v) is 6.91. The molecule has 0 amide bonds. The molecule has 3 atom stereocenters. The van der Waals surface area contributed by atoms with Crippen LogP contribution in [0.2, 0.25) is 0 Å². The van der Waals surface area contributed by atoms with Crippen LogP contribution in [0.25, 0.3) is 0 Å². The van der Waals surface area contributed by atoms with Gasteiger partial charge in [-0.3, -0.25) is 14.4 Å². The summed E-state index contributed by atoms with van der Waals surface area (Å²) < 4.78 is 50.7. The van der Waals surface area contributed by atoms with Crippen molar-refractivity contribution in [3.8, 4) is 17.2 Å². The first kappa shape index (κ1) is 29.3. The Balaban J connectivity index is 1.45. The van der Waals surface area contributed by atoms with Gasteiger partial charge in [-0.05, 0) is 61.7 Å². The highest BCUT2D eigenvalue weighted by molar-refractivity contribution is 7.89. The third-order valence-electron chi connectivity index (χ3n) is 7.25. The van der Waals surface area contributed by atoms with Crippen molar-refractivity contribution < 1.29 is 41.7 Å². The van der Waals surface area contributed by atoms with Crippen LogP contribution in [0.3, 0.4) is 0 Å². The number of benzene rings is 3. The first-order chi connectivity index (χ1) is 20.0. The van der Waals surface area contributed by atoms with Gasteiger partial charge < -0.3 is 18.9 Å². The van der Waals surface area contributed by atoms with Crippen molar-refractivity contribution in [3.05, 3.63) is 83.4 Å². The third-order valence-corrected chi connectivity index (χ3v) is 9.18. The van der Waals surface area contributed by atoms with Crippen LogP contribution in [-0.4, -0.2) is 49.8 Å². The molecular weight excluding hydrogens is 562 g/mol. The summed E-state index contributed by atoms with van der Waals surface area (Å²) in [5.41, 5.74) is 2.23. The van der Waals surface area contributed by atoms with Gasteiger partial charge in [0.05, 0.1) is 17.4 Å². The smallest absolute Gasteiger partial charge is 0.325 e. The maximum atomic E-state index is 13.7. The van der Waals surface area contributed by atoms with Gasteiger partial charge in [0.1, 0.15) is 29.4 Å². The van der Waals surface area contributed by atoms with E-state index in [9.17, 15) is 22.8 Å². The van der Waals surface area contributed by atoms with Gasteiger partial charge in [0.25, 0.3) is 0 Å². The molecule has 1 saturated heterocycles. The van der Waals surface area contributed by atoms with Gasteiger partial charge in [0, 0.05) is 32.0 Å². The number of rotatable bonds is 7. The van der Waals surface area contributed by atoms with E-state index in [1.165, 1.54) is 30.3 Å². The van der Waals surface area contributed by atoms with E-state index in [0.29, 0.717) is 29.9 Å². The Labute approximate surface area is 244 Å². The number of esters is 3. The molecule has 0 spiro atoms. The first-order valence-electron chi connectivity index (χ1n) is 13.6. The minimum atomic E-state index is -3.93. The monoisotopic (exact) mass is 593 g/mol. The second kappa shape index (κ2) is 11.9. The van der Waals surface area contributed by atoms with Crippen LogP contribution >= 0.6 is 0 Å². The molecule has 0 N–H and O–H groups in total. The molecule has 3 aromatic carbocycles. The van der Waals surface area contributed by atoms with Crippen LogP contribution < -0.4 is 14.2 Å². The molecule has 2 heterocycles.